The van der Waals surface area contributed by atoms with Crippen molar-refractivity contribution in [3.05, 3.63) is 24.0 Å². The molecule has 0 aliphatic carbocycles. The molecular formula is C11H14N2O3. The van der Waals surface area contributed by atoms with Gasteiger partial charge in [-0.05, 0) is 6.07 Å². The van der Waals surface area contributed by atoms with Gasteiger partial charge in [-0.3, -0.25) is 0 Å². The van der Waals surface area contributed by atoms with E-state index in [1.165, 1.54) is 0 Å². The zero-order chi connectivity index (χ0) is 11.6. The molecule has 0 amide bonds. The lowest BCUT2D eigenvalue weighted by Gasteiger charge is -2.06. The van der Waals surface area contributed by atoms with Gasteiger partial charge in [-0.25, -0.2) is 4.98 Å². The first-order valence-corrected chi connectivity index (χ1v) is 4.92. The van der Waals surface area contributed by atoms with E-state index in [1.807, 2.05) is 6.07 Å². The molecule has 0 N–H and O–H groups in total. The molecule has 0 saturated carbocycles. The fraction of sp³-hybridized carbons (Fsp3) is 0.455. The van der Waals surface area contributed by atoms with Gasteiger partial charge >= 0.3 is 0 Å². The molecule has 0 saturated heterocycles. The Labute approximate surface area is 94.6 Å². The van der Waals surface area contributed by atoms with Crippen molar-refractivity contribution in [1.29, 1.82) is 5.26 Å². The first kappa shape index (κ1) is 12.4. The van der Waals surface area contributed by atoms with E-state index in [9.17, 15) is 0 Å². The first-order chi connectivity index (χ1) is 7.86. The number of methoxy groups -OCH3 is 1. The molecule has 0 fully saturated rings. The lowest BCUT2D eigenvalue weighted by atomic mass is 10.3. The zero-order valence-corrected chi connectivity index (χ0v) is 9.18. The molecule has 5 nitrogen and oxygen atoms in total. The minimum absolute atomic E-state index is 0.345. The highest BCUT2D eigenvalue weighted by Gasteiger charge is 1.96. The molecule has 1 heterocycles. The summed E-state index contributed by atoms with van der Waals surface area (Å²) in [6, 6.07) is 5.24. The van der Waals surface area contributed by atoms with Gasteiger partial charge in [0.05, 0.1) is 19.8 Å². The first-order valence-electron chi connectivity index (χ1n) is 4.92. The number of rotatable bonds is 7. The Morgan fingerprint density at radius 1 is 1.31 bits per heavy atom. The van der Waals surface area contributed by atoms with Gasteiger partial charge in [0.1, 0.15) is 24.1 Å². The van der Waals surface area contributed by atoms with Crippen molar-refractivity contribution in [3.8, 4) is 11.8 Å². The van der Waals surface area contributed by atoms with Crippen molar-refractivity contribution < 1.29 is 14.2 Å². The molecule has 1 rings (SSSR count). The van der Waals surface area contributed by atoms with Crippen LogP contribution < -0.4 is 4.74 Å². The number of pyridine rings is 1. The third kappa shape index (κ3) is 4.73. The molecule has 1 aromatic rings. The third-order valence-electron chi connectivity index (χ3n) is 1.77. The summed E-state index contributed by atoms with van der Waals surface area (Å²) in [4.78, 5) is 3.84. The Morgan fingerprint density at radius 2 is 2.12 bits per heavy atom. The monoisotopic (exact) mass is 222 g/mol. The summed E-state index contributed by atoms with van der Waals surface area (Å²) in [6.07, 6.45) is 1.54. The fourth-order valence-electron chi connectivity index (χ4n) is 1.02. The predicted molar refractivity (Wildman–Crippen MR) is 57.1 cm³/mol. The topological polar surface area (TPSA) is 64.4 Å². The van der Waals surface area contributed by atoms with Crippen LogP contribution in [0, 0.1) is 11.3 Å². The summed E-state index contributed by atoms with van der Waals surface area (Å²) < 4.78 is 15.4. The number of nitrogens with zero attached hydrogens (tertiary/aromatic N) is 2. The van der Waals surface area contributed by atoms with E-state index < -0.39 is 0 Å². The summed E-state index contributed by atoms with van der Waals surface area (Å²) in [7, 11) is 1.63. The number of ether oxygens (including phenoxy) is 3. The van der Waals surface area contributed by atoms with Crippen molar-refractivity contribution in [2.75, 3.05) is 33.5 Å². The number of nitriles is 1. The summed E-state index contributed by atoms with van der Waals surface area (Å²) in [6.45, 7) is 2.07. The Bertz CT molecular complexity index is 349. The highest BCUT2D eigenvalue weighted by Crippen LogP contribution is 2.09. The van der Waals surface area contributed by atoms with Crippen LogP contribution in [0.4, 0.5) is 0 Å². The van der Waals surface area contributed by atoms with E-state index in [4.69, 9.17) is 19.5 Å². The van der Waals surface area contributed by atoms with Crippen LogP contribution in [0.1, 0.15) is 5.69 Å². The van der Waals surface area contributed by atoms with Crippen LogP contribution >= 0.6 is 0 Å². The minimum atomic E-state index is 0.345. The Hall–Kier alpha value is -1.64. The van der Waals surface area contributed by atoms with Crippen molar-refractivity contribution in [1.82, 2.24) is 4.98 Å². The molecule has 0 radical (unpaired) electrons. The molecule has 0 spiro atoms. The van der Waals surface area contributed by atoms with Crippen molar-refractivity contribution in [3.63, 3.8) is 0 Å². The van der Waals surface area contributed by atoms with Gasteiger partial charge in [0.2, 0.25) is 0 Å². The maximum absolute atomic E-state index is 8.62. The SMILES string of the molecule is COCCOCCOc1ccnc(C#N)c1. The van der Waals surface area contributed by atoms with E-state index >= 15 is 0 Å². The maximum Gasteiger partial charge on any atom is 0.144 e. The van der Waals surface area contributed by atoms with Crippen molar-refractivity contribution in [2.24, 2.45) is 0 Å². The minimum Gasteiger partial charge on any atom is -0.491 e. The van der Waals surface area contributed by atoms with Gasteiger partial charge in [-0.15, -0.1) is 0 Å². The average Bonchev–Trinajstić information content (AvgIpc) is 2.34. The summed E-state index contributed by atoms with van der Waals surface area (Å²) in [5, 5.41) is 8.62. The molecule has 86 valence electrons. The zero-order valence-electron chi connectivity index (χ0n) is 9.18. The molecule has 0 bridgehead atoms. The van der Waals surface area contributed by atoms with Gasteiger partial charge in [0.25, 0.3) is 0 Å². The Kier molecular flexibility index (Phi) is 5.92. The summed E-state index contributed by atoms with van der Waals surface area (Å²) >= 11 is 0. The molecule has 16 heavy (non-hydrogen) atoms. The second-order valence-corrected chi connectivity index (χ2v) is 2.94. The maximum atomic E-state index is 8.62. The smallest absolute Gasteiger partial charge is 0.144 e. The van der Waals surface area contributed by atoms with E-state index in [2.05, 4.69) is 4.98 Å². The molecular weight excluding hydrogens is 208 g/mol. The molecule has 0 aliphatic rings. The lowest BCUT2D eigenvalue weighted by Crippen LogP contribution is -2.10. The molecule has 0 unspecified atom stereocenters. The standard InChI is InChI=1S/C11H14N2O3/c1-14-4-5-15-6-7-16-11-2-3-13-10(8-11)9-12/h2-3,8H,4-7H2,1H3. The van der Waals surface area contributed by atoms with Crippen LogP contribution in [0.3, 0.4) is 0 Å². The van der Waals surface area contributed by atoms with Crippen LogP contribution in [0.15, 0.2) is 18.3 Å². The third-order valence-corrected chi connectivity index (χ3v) is 1.77. The van der Waals surface area contributed by atoms with Crippen molar-refractivity contribution >= 4 is 0 Å². The lowest BCUT2D eigenvalue weighted by molar-refractivity contribution is 0.0544. The van der Waals surface area contributed by atoms with Gasteiger partial charge in [0, 0.05) is 19.4 Å². The van der Waals surface area contributed by atoms with E-state index in [-0.39, 0.29) is 0 Å². The van der Waals surface area contributed by atoms with Gasteiger partial charge in [-0.1, -0.05) is 0 Å². The van der Waals surface area contributed by atoms with Crippen LogP contribution in [0.25, 0.3) is 0 Å². The molecule has 1 aromatic heterocycles. The summed E-state index contributed by atoms with van der Waals surface area (Å²) in [5.74, 6) is 0.627. The van der Waals surface area contributed by atoms with Crippen LogP contribution in [-0.2, 0) is 9.47 Å². The van der Waals surface area contributed by atoms with Gasteiger partial charge in [-0.2, -0.15) is 5.26 Å². The predicted octanol–water partition coefficient (Wildman–Crippen LogP) is 0.995. The van der Waals surface area contributed by atoms with Crippen molar-refractivity contribution in [2.45, 2.75) is 0 Å². The molecule has 5 heteroatoms. The molecule has 0 aromatic carbocycles. The normalized spacial score (nSPS) is 9.75. The van der Waals surface area contributed by atoms with Crippen LogP contribution in [0.5, 0.6) is 5.75 Å². The van der Waals surface area contributed by atoms with Crippen LogP contribution in [-0.4, -0.2) is 38.5 Å². The van der Waals surface area contributed by atoms with Gasteiger partial charge in [0.15, 0.2) is 0 Å². The highest BCUT2D eigenvalue weighted by molar-refractivity contribution is 5.29. The number of hydrogen-bond donors (Lipinski definition) is 0. The average molecular weight is 222 g/mol. The van der Waals surface area contributed by atoms with E-state index in [0.29, 0.717) is 37.9 Å². The van der Waals surface area contributed by atoms with Crippen LogP contribution in [0.2, 0.25) is 0 Å². The largest absolute Gasteiger partial charge is 0.491 e. The quantitative estimate of drug-likeness (QED) is 0.644. The second kappa shape index (κ2) is 7.63. The Balaban J connectivity index is 2.19. The summed E-state index contributed by atoms with van der Waals surface area (Å²) in [5.41, 5.74) is 0.345. The van der Waals surface area contributed by atoms with E-state index in [0.717, 1.165) is 0 Å². The fourth-order valence-corrected chi connectivity index (χ4v) is 1.02. The Morgan fingerprint density at radius 3 is 2.88 bits per heavy atom. The molecule has 0 aliphatic heterocycles. The number of aromatic nitrogens is 1. The highest BCUT2D eigenvalue weighted by atomic mass is 16.5. The molecule has 0 atom stereocenters. The number of hydrogen-bond acceptors (Lipinski definition) is 5. The van der Waals surface area contributed by atoms with E-state index in [1.54, 1.807) is 25.4 Å². The van der Waals surface area contributed by atoms with Gasteiger partial charge < -0.3 is 14.2 Å². The second-order valence-electron chi connectivity index (χ2n) is 2.94.